The normalized spacial score (nSPS) is 16.3. The maximum atomic E-state index is 5.71. The summed E-state index contributed by atoms with van der Waals surface area (Å²) in [6.07, 6.45) is 6.42. The first-order valence-electron chi connectivity index (χ1n) is 7.35. The summed E-state index contributed by atoms with van der Waals surface area (Å²) in [5.74, 6) is 0.614. The topological polar surface area (TPSA) is 38.0 Å². The largest absolute Gasteiger partial charge is 0.330 e. The number of benzene rings is 1. The van der Waals surface area contributed by atoms with Crippen molar-refractivity contribution in [3.63, 3.8) is 0 Å². The van der Waals surface area contributed by atoms with E-state index in [1.165, 1.54) is 31.2 Å². The summed E-state index contributed by atoms with van der Waals surface area (Å²) in [7, 11) is 0. The molecule has 1 unspecified atom stereocenters. The zero-order chi connectivity index (χ0) is 12.8. The van der Waals surface area contributed by atoms with Gasteiger partial charge in [0.2, 0.25) is 0 Å². The third-order valence-electron chi connectivity index (χ3n) is 4.09. The molecule has 0 saturated heterocycles. The van der Waals surface area contributed by atoms with Crippen molar-refractivity contribution in [3.8, 4) is 0 Å². The van der Waals surface area contributed by atoms with Gasteiger partial charge in [0.1, 0.15) is 0 Å². The molecule has 2 rings (SSSR count). The molecule has 1 aromatic carbocycles. The van der Waals surface area contributed by atoms with E-state index in [-0.39, 0.29) is 0 Å². The molecule has 0 amide bonds. The molecule has 0 fully saturated rings. The Kier molecular flexibility index (Phi) is 5.21. The fraction of sp³-hybridized carbons (Fsp3) is 0.625. The van der Waals surface area contributed by atoms with Crippen molar-refractivity contribution in [1.29, 1.82) is 0 Å². The second kappa shape index (κ2) is 6.91. The summed E-state index contributed by atoms with van der Waals surface area (Å²) in [4.78, 5) is 0. The first kappa shape index (κ1) is 13.6. The lowest BCUT2D eigenvalue weighted by atomic mass is 9.90. The van der Waals surface area contributed by atoms with E-state index in [1.54, 1.807) is 11.1 Å². The van der Waals surface area contributed by atoms with Crippen LogP contribution in [0.1, 0.15) is 42.9 Å². The quantitative estimate of drug-likeness (QED) is 0.810. The molecule has 0 heterocycles. The average molecular weight is 246 g/mol. The van der Waals surface area contributed by atoms with Gasteiger partial charge in [-0.15, -0.1) is 0 Å². The Hall–Kier alpha value is -0.860. The Morgan fingerprint density at radius 1 is 1.22 bits per heavy atom. The molecule has 2 nitrogen and oxygen atoms in total. The maximum absolute atomic E-state index is 5.71. The van der Waals surface area contributed by atoms with Gasteiger partial charge in [-0.2, -0.15) is 0 Å². The van der Waals surface area contributed by atoms with Gasteiger partial charge in [0, 0.05) is 6.54 Å². The molecule has 1 aliphatic rings. The van der Waals surface area contributed by atoms with Crippen LogP contribution in [0.5, 0.6) is 0 Å². The van der Waals surface area contributed by atoms with Crippen molar-refractivity contribution < 1.29 is 0 Å². The Morgan fingerprint density at radius 2 is 2.00 bits per heavy atom. The van der Waals surface area contributed by atoms with Crippen molar-refractivity contribution in [1.82, 2.24) is 5.32 Å². The van der Waals surface area contributed by atoms with Crippen molar-refractivity contribution in [3.05, 3.63) is 34.9 Å². The number of hydrogen-bond donors (Lipinski definition) is 2. The third kappa shape index (κ3) is 3.56. The number of nitrogens with one attached hydrogen (secondary N) is 1. The number of aryl methyl sites for hydroxylation is 2. The first-order valence-corrected chi connectivity index (χ1v) is 7.35. The van der Waals surface area contributed by atoms with Crippen LogP contribution in [-0.4, -0.2) is 13.1 Å². The van der Waals surface area contributed by atoms with Crippen molar-refractivity contribution >= 4 is 0 Å². The van der Waals surface area contributed by atoms with Crippen LogP contribution >= 0.6 is 0 Å². The van der Waals surface area contributed by atoms with Crippen LogP contribution < -0.4 is 11.1 Å². The minimum Gasteiger partial charge on any atom is -0.330 e. The standard InChI is InChI=1S/C16H26N2/c1-2-13(10-17)11-18-12-14-7-8-15-5-3-4-6-16(15)9-14/h7-9,13,18H,2-6,10-12,17H2,1H3. The number of hydrogen-bond acceptors (Lipinski definition) is 2. The summed E-state index contributed by atoms with van der Waals surface area (Å²) >= 11 is 0. The minimum absolute atomic E-state index is 0.614. The molecule has 0 aromatic heterocycles. The molecule has 0 radical (unpaired) electrons. The Balaban J connectivity index is 1.86. The summed E-state index contributed by atoms with van der Waals surface area (Å²) in [6.45, 7) is 5.00. The Bertz CT molecular complexity index is 369. The van der Waals surface area contributed by atoms with Gasteiger partial charge < -0.3 is 11.1 Å². The highest BCUT2D eigenvalue weighted by atomic mass is 14.9. The van der Waals surface area contributed by atoms with Gasteiger partial charge in [-0.25, -0.2) is 0 Å². The number of fused-ring (bicyclic) bond motifs is 1. The van der Waals surface area contributed by atoms with Gasteiger partial charge in [-0.3, -0.25) is 0 Å². The highest BCUT2D eigenvalue weighted by molar-refractivity contribution is 5.33. The fourth-order valence-corrected chi connectivity index (χ4v) is 2.71. The predicted octanol–water partition coefficient (Wildman–Crippen LogP) is 2.64. The molecule has 18 heavy (non-hydrogen) atoms. The monoisotopic (exact) mass is 246 g/mol. The van der Waals surface area contributed by atoms with Gasteiger partial charge in [-0.1, -0.05) is 31.5 Å². The van der Waals surface area contributed by atoms with Gasteiger partial charge in [0.25, 0.3) is 0 Å². The summed E-state index contributed by atoms with van der Waals surface area (Å²) < 4.78 is 0. The van der Waals surface area contributed by atoms with Crippen LogP contribution in [0.4, 0.5) is 0 Å². The third-order valence-corrected chi connectivity index (χ3v) is 4.09. The molecule has 3 N–H and O–H groups in total. The van der Waals surface area contributed by atoms with Crippen LogP contribution in [-0.2, 0) is 19.4 Å². The van der Waals surface area contributed by atoms with E-state index in [9.17, 15) is 0 Å². The Morgan fingerprint density at radius 3 is 2.72 bits per heavy atom. The molecule has 0 bridgehead atoms. The lowest BCUT2D eigenvalue weighted by Gasteiger charge is -2.17. The summed E-state index contributed by atoms with van der Waals surface area (Å²) in [6, 6.07) is 7.00. The lowest BCUT2D eigenvalue weighted by molar-refractivity contribution is 0.471. The van der Waals surface area contributed by atoms with Crippen molar-refractivity contribution in [2.45, 2.75) is 45.6 Å². The summed E-state index contributed by atoms with van der Waals surface area (Å²) in [5.41, 5.74) is 10.3. The first-order chi connectivity index (χ1) is 8.83. The van der Waals surface area contributed by atoms with Crippen molar-refractivity contribution in [2.75, 3.05) is 13.1 Å². The van der Waals surface area contributed by atoms with Gasteiger partial charge in [0.15, 0.2) is 0 Å². The van der Waals surface area contributed by atoms with Crippen LogP contribution in [0.25, 0.3) is 0 Å². The molecule has 1 aliphatic carbocycles. The molecule has 0 spiro atoms. The van der Waals surface area contributed by atoms with E-state index in [2.05, 4.69) is 30.4 Å². The number of nitrogens with two attached hydrogens (primary N) is 1. The Labute approximate surface area is 111 Å². The highest BCUT2D eigenvalue weighted by Crippen LogP contribution is 2.22. The molecule has 2 heteroatoms. The molecule has 1 atom stereocenters. The average Bonchev–Trinajstić information content (AvgIpc) is 2.43. The van der Waals surface area contributed by atoms with Gasteiger partial charge in [0.05, 0.1) is 0 Å². The van der Waals surface area contributed by atoms with Crippen LogP contribution in [0, 0.1) is 5.92 Å². The zero-order valence-electron chi connectivity index (χ0n) is 11.5. The SMILES string of the molecule is CCC(CN)CNCc1ccc2c(c1)CCCC2. The molecular weight excluding hydrogens is 220 g/mol. The highest BCUT2D eigenvalue weighted by Gasteiger charge is 2.09. The molecule has 1 aromatic rings. The molecule has 0 saturated carbocycles. The van der Waals surface area contributed by atoms with E-state index in [1.807, 2.05) is 0 Å². The van der Waals surface area contributed by atoms with E-state index in [0.29, 0.717) is 5.92 Å². The fourth-order valence-electron chi connectivity index (χ4n) is 2.71. The van der Waals surface area contributed by atoms with E-state index in [0.717, 1.165) is 26.1 Å². The second-order valence-corrected chi connectivity index (χ2v) is 5.45. The number of rotatable bonds is 6. The van der Waals surface area contributed by atoms with E-state index in [4.69, 9.17) is 5.73 Å². The van der Waals surface area contributed by atoms with E-state index < -0.39 is 0 Å². The van der Waals surface area contributed by atoms with Gasteiger partial charge in [-0.05, 0) is 61.4 Å². The zero-order valence-corrected chi connectivity index (χ0v) is 11.5. The lowest BCUT2D eigenvalue weighted by Crippen LogP contribution is -2.27. The van der Waals surface area contributed by atoms with Gasteiger partial charge >= 0.3 is 0 Å². The summed E-state index contributed by atoms with van der Waals surface area (Å²) in [5, 5.41) is 3.53. The van der Waals surface area contributed by atoms with E-state index >= 15 is 0 Å². The van der Waals surface area contributed by atoms with Crippen LogP contribution in [0.3, 0.4) is 0 Å². The smallest absolute Gasteiger partial charge is 0.0205 e. The van der Waals surface area contributed by atoms with Crippen molar-refractivity contribution in [2.24, 2.45) is 11.7 Å². The maximum Gasteiger partial charge on any atom is 0.0205 e. The van der Waals surface area contributed by atoms with Crippen LogP contribution in [0.2, 0.25) is 0 Å². The minimum atomic E-state index is 0.614. The second-order valence-electron chi connectivity index (χ2n) is 5.45. The van der Waals surface area contributed by atoms with Crippen LogP contribution in [0.15, 0.2) is 18.2 Å². The predicted molar refractivity (Wildman–Crippen MR) is 77.6 cm³/mol. The molecule has 100 valence electrons. The molecule has 0 aliphatic heterocycles. The molecular formula is C16H26N2.